The summed E-state index contributed by atoms with van der Waals surface area (Å²) in [4.78, 5) is 27.7. The van der Waals surface area contributed by atoms with E-state index in [1.165, 1.54) is 0 Å². The van der Waals surface area contributed by atoms with E-state index in [-0.39, 0.29) is 24.7 Å². The summed E-state index contributed by atoms with van der Waals surface area (Å²) in [6, 6.07) is 14.6. The highest BCUT2D eigenvalue weighted by atomic mass is 16.7. The topological polar surface area (TPSA) is 101 Å². The SMILES string of the molecule is CC(C)(C)OC(=O)N1[C@@H]2CC[C@@H](C2)[C@H]1C(=O)N[C@H](C#N)Cc1ccc(-c2ccc3c(c2)OCO3)cc1. The molecule has 2 aromatic carbocycles. The van der Waals surface area contributed by atoms with Gasteiger partial charge in [-0.15, -0.1) is 0 Å². The van der Waals surface area contributed by atoms with E-state index in [2.05, 4.69) is 11.4 Å². The average Bonchev–Trinajstić information content (AvgIpc) is 3.58. The van der Waals surface area contributed by atoms with E-state index in [4.69, 9.17) is 14.2 Å². The van der Waals surface area contributed by atoms with Gasteiger partial charge in [-0.25, -0.2) is 4.79 Å². The third-order valence-corrected chi connectivity index (χ3v) is 7.03. The molecule has 2 heterocycles. The molecule has 1 saturated carbocycles. The van der Waals surface area contributed by atoms with Gasteiger partial charge in [0.15, 0.2) is 11.5 Å². The van der Waals surface area contributed by atoms with Crippen LogP contribution in [0.15, 0.2) is 42.5 Å². The molecule has 1 N–H and O–H groups in total. The van der Waals surface area contributed by atoms with Crippen molar-refractivity contribution < 1.29 is 23.8 Å². The van der Waals surface area contributed by atoms with Crippen LogP contribution in [-0.4, -0.2) is 47.4 Å². The zero-order valence-corrected chi connectivity index (χ0v) is 20.8. The number of fused-ring (bicyclic) bond motifs is 3. The van der Waals surface area contributed by atoms with Crippen molar-refractivity contribution in [2.45, 2.75) is 70.2 Å². The third-order valence-electron chi connectivity index (χ3n) is 7.03. The van der Waals surface area contributed by atoms with Crippen molar-refractivity contribution in [2.24, 2.45) is 5.92 Å². The van der Waals surface area contributed by atoms with Crippen molar-refractivity contribution in [1.29, 1.82) is 5.26 Å². The molecule has 0 spiro atoms. The Bertz CT molecular complexity index is 1200. The van der Waals surface area contributed by atoms with Gasteiger partial charge in [0, 0.05) is 12.5 Å². The van der Waals surface area contributed by atoms with Crippen molar-refractivity contribution >= 4 is 12.0 Å². The third kappa shape index (κ3) is 4.83. The van der Waals surface area contributed by atoms with Crippen LogP contribution in [0.5, 0.6) is 11.5 Å². The first kappa shape index (κ1) is 24.0. The van der Waals surface area contributed by atoms with Gasteiger partial charge < -0.3 is 19.5 Å². The van der Waals surface area contributed by atoms with E-state index in [0.717, 1.165) is 47.5 Å². The molecule has 2 amide bonds. The Morgan fingerprint density at radius 2 is 1.83 bits per heavy atom. The van der Waals surface area contributed by atoms with Crippen LogP contribution in [-0.2, 0) is 16.0 Å². The number of carbonyl (C=O) groups excluding carboxylic acids is 2. The van der Waals surface area contributed by atoms with Gasteiger partial charge in [0.2, 0.25) is 12.7 Å². The highest BCUT2D eigenvalue weighted by Gasteiger charge is 2.52. The van der Waals surface area contributed by atoms with Crippen LogP contribution in [0.25, 0.3) is 11.1 Å². The first-order valence-electron chi connectivity index (χ1n) is 12.4. The number of carbonyl (C=O) groups is 2. The zero-order chi connectivity index (χ0) is 25.4. The van der Waals surface area contributed by atoms with Crippen LogP contribution in [0.2, 0.25) is 0 Å². The van der Waals surface area contributed by atoms with Gasteiger partial charge in [0.1, 0.15) is 17.7 Å². The minimum Gasteiger partial charge on any atom is -0.454 e. The van der Waals surface area contributed by atoms with E-state index in [9.17, 15) is 14.9 Å². The predicted octanol–water partition coefficient (Wildman–Crippen LogP) is 4.42. The first-order valence-corrected chi connectivity index (χ1v) is 12.4. The van der Waals surface area contributed by atoms with Crippen LogP contribution in [0.4, 0.5) is 4.79 Å². The van der Waals surface area contributed by atoms with Gasteiger partial charge in [-0.2, -0.15) is 5.26 Å². The monoisotopic (exact) mass is 489 g/mol. The molecule has 8 heteroatoms. The van der Waals surface area contributed by atoms with E-state index >= 15 is 0 Å². The predicted molar refractivity (Wildman–Crippen MR) is 132 cm³/mol. The Morgan fingerprint density at radius 3 is 2.56 bits per heavy atom. The van der Waals surface area contributed by atoms with E-state index in [1.807, 2.05) is 63.2 Å². The second kappa shape index (κ2) is 9.38. The van der Waals surface area contributed by atoms with Crippen LogP contribution < -0.4 is 14.8 Å². The summed E-state index contributed by atoms with van der Waals surface area (Å²) in [7, 11) is 0. The molecule has 2 aliphatic heterocycles. The number of likely N-dealkylation sites (tertiary alicyclic amines) is 1. The number of piperidine rings is 1. The molecule has 188 valence electrons. The number of hydrogen-bond donors (Lipinski definition) is 1. The average molecular weight is 490 g/mol. The zero-order valence-electron chi connectivity index (χ0n) is 20.8. The molecule has 3 aliphatic rings. The highest BCUT2D eigenvalue weighted by Crippen LogP contribution is 2.43. The molecule has 1 saturated heterocycles. The Morgan fingerprint density at radius 1 is 1.11 bits per heavy atom. The summed E-state index contributed by atoms with van der Waals surface area (Å²) in [6.07, 6.45) is 2.50. The number of nitrogens with one attached hydrogen (secondary N) is 1. The number of nitriles is 1. The molecule has 2 fully saturated rings. The number of amides is 2. The fraction of sp³-hybridized carbons (Fsp3) is 0.464. The van der Waals surface area contributed by atoms with Crippen molar-refractivity contribution in [2.75, 3.05) is 6.79 Å². The van der Waals surface area contributed by atoms with Gasteiger partial charge >= 0.3 is 6.09 Å². The van der Waals surface area contributed by atoms with Crippen molar-refractivity contribution in [3.8, 4) is 28.7 Å². The summed E-state index contributed by atoms with van der Waals surface area (Å²) in [5.74, 6) is 1.29. The first-order chi connectivity index (χ1) is 17.2. The standard InChI is InChI=1S/C28H31N3O5/c1-28(2,3)36-27(33)31-22-10-8-20(13-22)25(31)26(32)30-21(15-29)12-17-4-6-18(7-5-17)19-9-11-23-24(14-19)35-16-34-23/h4-7,9,11,14,20-22,25H,8,10,12-13,16H2,1-3H3,(H,30,32)/t20-,21-,22+,25-/m0/s1. The van der Waals surface area contributed by atoms with E-state index < -0.39 is 23.8 Å². The normalized spacial score (nSPS) is 22.7. The van der Waals surface area contributed by atoms with Gasteiger partial charge in [-0.05, 0) is 74.8 Å². The Balaban J connectivity index is 1.24. The number of rotatable bonds is 5. The molecule has 0 radical (unpaired) electrons. The van der Waals surface area contributed by atoms with E-state index in [0.29, 0.717) is 6.42 Å². The van der Waals surface area contributed by atoms with Crippen molar-refractivity contribution in [1.82, 2.24) is 10.2 Å². The number of hydrogen-bond acceptors (Lipinski definition) is 6. The number of ether oxygens (including phenoxy) is 3. The van der Waals surface area contributed by atoms with Gasteiger partial charge in [0.05, 0.1) is 6.07 Å². The molecule has 1 aliphatic carbocycles. The maximum Gasteiger partial charge on any atom is 0.411 e. The summed E-state index contributed by atoms with van der Waals surface area (Å²) < 4.78 is 16.4. The minimum absolute atomic E-state index is 0.0184. The Hall–Kier alpha value is -3.73. The Kier molecular flexibility index (Phi) is 6.25. The van der Waals surface area contributed by atoms with Gasteiger partial charge in [0.25, 0.3) is 0 Å². The summed E-state index contributed by atoms with van der Waals surface area (Å²) >= 11 is 0. The lowest BCUT2D eigenvalue weighted by atomic mass is 9.97. The van der Waals surface area contributed by atoms with Gasteiger partial charge in [-0.1, -0.05) is 30.3 Å². The van der Waals surface area contributed by atoms with Crippen LogP contribution >= 0.6 is 0 Å². The summed E-state index contributed by atoms with van der Waals surface area (Å²) in [5.41, 5.74) is 2.32. The molecule has 0 aromatic heterocycles. The second-order valence-electron chi connectivity index (χ2n) is 10.7. The quantitative estimate of drug-likeness (QED) is 0.667. The largest absolute Gasteiger partial charge is 0.454 e. The second-order valence-corrected chi connectivity index (χ2v) is 10.7. The van der Waals surface area contributed by atoms with Gasteiger partial charge in [-0.3, -0.25) is 9.69 Å². The molecular formula is C28H31N3O5. The molecule has 8 nitrogen and oxygen atoms in total. The highest BCUT2D eigenvalue weighted by molar-refractivity contribution is 5.87. The molecule has 4 atom stereocenters. The van der Waals surface area contributed by atoms with Crippen molar-refractivity contribution in [3.05, 3.63) is 48.0 Å². The van der Waals surface area contributed by atoms with Crippen LogP contribution in [0, 0.1) is 17.2 Å². The maximum atomic E-state index is 13.3. The minimum atomic E-state index is -0.700. The molecule has 2 aromatic rings. The van der Waals surface area contributed by atoms with Crippen LogP contribution in [0.3, 0.4) is 0 Å². The molecular weight excluding hydrogens is 458 g/mol. The molecule has 2 bridgehead atoms. The van der Waals surface area contributed by atoms with E-state index in [1.54, 1.807) is 4.90 Å². The molecule has 36 heavy (non-hydrogen) atoms. The fourth-order valence-corrected chi connectivity index (χ4v) is 5.43. The summed E-state index contributed by atoms with van der Waals surface area (Å²) in [6.45, 7) is 5.68. The smallest absolute Gasteiger partial charge is 0.411 e. The summed E-state index contributed by atoms with van der Waals surface area (Å²) in [5, 5.41) is 12.6. The fourth-order valence-electron chi connectivity index (χ4n) is 5.43. The molecule has 0 unspecified atom stereocenters. The van der Waals surface area contributed by atoms with Crippen LogP contribution in [0.1, 0.15) is 45.6 Å². The molecule has 5 rings (SSSR count). The lowest BCUT2D eigenvalue weighted by Crippen LogP contribution is -2.55. The van der Waals surface area contributed by atoms with Crippen molar-refractivity contribution in [3.63, 3.8) is 0 Å². The number of nitrogens with zero attached hydrogens (tertiary/aromatic N) is 2. The number of benzene rings is 2. The Labute approximate surface area is 211 Å². The lowest BCUT2D eigenvalue weighted by molar-refractivity contribution is -0.128. The lowest BCUT2D eigenvalue weighted by Gasteiger charge is -2.35. The maximum absolute atomic E-state index is 13.3.